The monoisotopic (exact) mass is 206 g/mol. The fourth-order valence-corrected chi connectivity index (χ4v) is 2.00. The van der Waals surface area contributed by atoms with Gasteiger partial charge in [0.25, 0.3) is 0 Å². The average molecular weight is 206 g/mol. The number of para-hydroxylation sites is 1. The predicted molar refractivity (Wildman–Crippen MR) is 60.1 cm³/mol. The molecule has 82 valence electrons. The van der Waals surface area contributed by atoms with Gasteiger partial charge in [0.15, 0.2) is 0 Å². The number of rotatable bonds is 2. The second-order valence-corrected chi connectivity index (χ2v) is 4.37. The van der Waals surface area contributed by atoms with E-state index in [2.05, 4.69) is 6.07 Å². The zero-order valence-corrected chi connectivity index (χ0v) is 9.42. The Hall–Kier alpha value is -1.02. The zero-order valence-electron chi connectivity index (χ0n) is 9.42. The number of hydrogen-bond acceptors (Lipinski definition) is 2. The summed E-state index contributed by atoms with van der Waals surface area (Å²) >= 11 is 0. The van der Waals surface area contributed by atoms with Crippen LogP contribution in [0.2, 0.25) is 0 Å². The second-order valence-electron chi connectivity index (χ2n) is 4.37. The van der Waals surface area contributed by atoms with Crippen LogP contribution in [0, 0.1) is 0 Å². The Balaban J connectivity index is 2.48. The van der Waals surface area contributed by atoms with Crippen LogP contribution in [-0.2, 0) is 12.0 Å². The summed E-state index contributed by atoms with van der Waals surface area (Å²) in [5.41, 5.74) is 1.39. The highest BCUT2D eigenvalue weighted by atomic mass is 16.5. The molecule has 1 aliphatic rings. The number of benzene rings is 1. The third-order valence-electron chi connectivity index (χ3n) is 3.20. The molecule has 1 heterocycles. The van der Waals surface area contributed by atoms with E-state index in [0.717, 1.165) is 30.8 Å². The number of aryl methyl sites for hydroxylation is 1. The van der Waals surface area contributed by atoms with Crippen molar-refractivity contribution >= 4 is 0 Å². The van der Waals surface area contributed by atoms with Crippen molar-refractivity contribution in [2.75, 3.05) is 6.61 Å². The molecule has 0 spiro atoms. The molecule has 0 fully saturated rings. The highest BCUT2D eigenvalue weighted by Crippen LogP contribution is 2.37. The van der Waals surface area contributed by atoms with Crippen LogP contribution >= 0.6 is 0 Å². The molecule has 1 atom stereocenters. The Bertz CT molecular complexity index is 356. The molecule has 2 heteroatoms. The largest absolute Gasteiger partial charge is 0.493 e. The predicted octanol–water partition coefficient (Wildman–Crippen LogP) is 2.63. The van der Waals surface area contributed by atoms with E-state index in [4.69, 9.17) is 4.74 Å². The molecule has 1 unspecified atom stereocenters. The first kappa shape index (κ1) is 10.5. The van der Waals surface area contributed by atoms with Gasteiger partial charge < -0.3 is 9.84 Å². The maximum Gasteiger partial charge on any atom is 0.128 e. The lowest BCUT2D eigenvalue weighted by Crippen LogP contribution is -2.23. The average Bonchev–Trinajstić information content (AvgIpc) is 2.28. The Morgan fingerprint density at radius 3 is 3.00 bits per heavy atom. The van der Waals surface area contributed by atoms with Gasteiger partial charge in [-0.2, -0.15) is 0 Å². The molecule has 0 amide bonds. The fraction of sp³-hybridized carbons (Fsp3) is 0.538. The third-order valence-corrected chi connectivity index (χ3v) is 3.20. The quantitative estimate of drug-likeness (QED) is 0.806. The molecule has 0 radical (unpaired) electrons. The van der Waals surface area contributed by atoms with Gasteiger partial charge in [0, 0.05) is 5.56 Å². The molecular weight excluding hydrogens is 188 g/mol. The fourth-order valence-electron chi connectivity index (χ4n) is 2.00. The molecule has 1 N–H and O–H groups in total. The van der Waals surface area contributed by atoms with E-state index < -0.39 is 5.60 Å². The van der Waals surface area contributed by atoms with E-state index in [1.165, 1.54) is 5.56 Å². The van der Waals surface area contributed by atoms with Crippen molar-refractivity contribution in [1.82, 2.24) is 0 Å². The van der Waals surface area contributed by atoms with Crippen molar-refractivity contribution in [2.45, 2.75) is 38.7 Å². The van der Waals surface area contributed by atoms with E-state index in [1.54, 1.807) is 0 Å². The van der Waals surface area contributed by atoms with Gasteiger partial charge in [0.1, 0.15) is 5.75 Å². The van der Waals surface area contributed by atoms with Gasteiger partial charge in [-0.05, 0) is 31.7 Å². The molecule has 2 rings (SSSR count). The third kappa shape index (κ3) is 1.86. The van der Waals surface area contributed by atoms with Gasteiger partial charge in [0.2, 0.25) is 0 Å². The van der Waals surface area contributed by atoms with Crippen LogP contribution < -0.4 is 4.74 Å². The second kappa shape index (κ2) is 3.86. The minimum absolute atomic E-state index is 0.701. The molecule has 0 saturated carbocycles. The molecule has 0 bridgehead atoms. The summed E-state index contributed by atoms with van der Waals surface area (Å²) in [6.07, 6.45) is 2.83. The maximum absolute atomic E-state index is 10.3. The van der Waals surface area contributed by atoms with Crippen molar-refractivity contribution in [2.24, 2.45) is 0 Å². The van der Waals surface area contributed by atoms with Crippen molar-refractivity contribution in [3.8, 4) is 5.75 Å². The lowest BCUT2D eigenvalue weighted by molar-refractivity contribution is 0.0490. The lowest BCUT2D eigenvalue weighted by atomic mass is 9.89. The minimum Gasteiger partial charge on any atom is -0.493 e. The smallest absolute Gasteiger partial charge is 0.128 e. The highest BCUT2D eigenvalue weighted by molar-refractivity contribution is 5.45. The summed E-state index contributed by atoms with van der Waals surface area (Å²) in [5.74, 6) is 0.913. The van der Waals surface area contributed by atoms with Crippen LogP contribution in [0.4, 0.5) is 0 Å². The lowest BCUT2D eigenvalue weighted by Gasteiger charge is -2.28. The van der Waals surface area contributed by atoms with Gasteiger partial charge in [-0.15, -0.1) is 0 Å². The van der Waals surface area contributed by atoms with Crippen LogP contribution in [-0.4, -0.2) is 11.7 Å². The van der Waals surface area contributed by atoms with Crippen molar-refractivity contribution in [3.05, 3.63) is 29.3 Å². The topological polar surface area (TPSA) is 29.5 Å². The van der Waals surface area contributed by atoms with E-state index >= 15 is 0 Å². The first-order valence-corrected chi connectivity index (χ1v) is 5.62. The van der Waals surface area contributed by atoms with Crippen LogP contribution in [0.15, 0.2) is 18.2 Å². The number of aliphatic hydroxyl groups is 1. The van der Waals surface area contributed by atoms with E-state index in [1.807, 2.05) is 26.0 Å². The Morgan fingerprint density at radius 2 is 2.27 bits per heavy atom. The highest BCUT2D eigenvalue weighted by Gasteiger charge is 2.27. The Morgan fingerprint density at radius 1 is 1.47 bits per heavy atom. The summed E-state index contributed by atoms with van der Waals surface area (Å²) in [4.78, 5) is 0. The van der Waals surface area contributed by atoms with Gasteiger partial charge in [-0.1, -0.05) is 25.1 Å². The van der Waals surface area contributed by atoms with E-state index in [-0.39, 0.29) is 0 Å². The van der Waals surface area contributed by atoms with Crippen molar-refractivity contribution in [3.63, 3.8) is 0 Å². The molecule has 0 aliphatic carbocycles. The molecule has 0 aromatic heterocycles. The molecule has 0 saturated heterocycles. The zero-order chi connectivity index (χ0) is 10.9. The maximum atomic E-state index is 10.3. The van der Waals surface area contributed by atoms with Gasteiger partial charge >= 0.3 is 0 Å². The standard InChI is InChI=1S/C13H18O2/c1-3-13(2,14)11-8-4-6-10-7-5-9-15-12(10)11/h4,6,8,14H,3,5,7,9H2,1-2H3. The molecular formula is C13H18O2. The summed E-state index contributed by atoms with van der Waals surface area (Å²) in [7, 11) is 0. The van der Waals surface area contributed by atoms with E-state index in [9.17, 15) is 5.11 Å². The molecule has 1 aliphatic heterocycles. The summed E-state index contributed by atoms with van der Waals surface area (Å²) in [6.45, 7) is 4.60. The first-order chi connectivity index (χ1) is 7.15. The van der Waals surface area contributed by atoms with Crippen molar-refractivity contribution in [1.29, 1.82) is 0 Å². The van der Waals surface area contributed by atoms with Crippen LogP contribution in [0.5, 0.6) is 5.75 Å². The summed E-state index contributed by atoms with van der Waals surface area (Å²) in [5, 5.41) is 10.3. The van der Waals surface area contributed by atoms with Crippen molar-refractivity contribution < 1.29 is 9.84 Å². The minimum atomic E-state index is -0.775. The normalized spacial score (nSPS) is 18.9. The summed E-state index contributed by atoms with van der Waals surface area (Å²) < 4.78 is 5.68. The molecule has 1 aromatic carbocycles. The van der Waals surface area contributed by atoms with Crippen LogP contribution in [0.3, 0.4) is 0 Å². The SMILES string of the molecule is CCC(C)(O)c1cccc2c1OCCC2. The number of fused-ring (bicyclic) bond motifs is 1. The Kier molecular flexibility index (Phi) is 2.70. The van der Waals surface area contributed by atoms with Crippen LogP contribution in [0.25, 0.3) is 0 Å². The molecule has 15 heavy (non-hydrogen) atoms. The Labute approximate surface area is 90.9 Å². The first-order valence-electron chi connectivity index (χ1n) is 5.62. The van der Waals surface area contributed by atoms with Crippen LogP contribution in [0.1, 0.15) is 37.8 Å². The molecule has 2 nitrogen and oxygen atoms in total. The molecule has 1 aromatic rings. The number of hydrogen-bond donors (Lipinski definition) is 1. The summed E-state index contributed by atoms with van der Waals surface area (Å²) in [6, 6.07) is 6.06. The number of ether oxygens (including phenoxy) is 1. The van der Waals surface area contributed by atoms with Gasteiger partial charge in [-0.3, -0.25) is 0 Å². The van der Waals surface area contributed by atoms with Gasteiger partial charge in [0.05, 0.1) is 12.2 Å². The van der Waals surface area contributed by atoms with E-state index in [0.29, 0.717) is 6.42 Å². The van der Waals surface area contributed by atoms with Gasteiger partial charge in [-0.25, -0.2) is 0 Å².